The quantitative estimate of drug-likeness (QED) is 0.774. The lowest BCUT2D eigenvalue weighted by atomic mass is 10.1. The van der Waals surface area contributed by atoms with Crippen LogP contribution in [-0.2, 0) is 4.79 Å². The Morgan fingerprint density at radius 3 is 2.44 bits per heavy atom. The number of carbonyl (C=O) groups excluding carboxylic acids is 1. The summed E-state index contributed by atoms with van der Waals surface area (Å²) < 4.78 is 0. The number of aliphatic hydroxyl groups is 1. The number of aliphatic carboxylic acids is 1. The maximum absolute atomic E-state index is 12.2. The number of rotatable bonds is 4. The Labute approximate surface area is 107 Å². The molecule has 104 valence electrons. The number of nitrogens with zero attached hydrogens (tertiary/aromatic N) is 2. The van der Waals surface area contributed by atoms with Crippen LogP contribution in [0.5, 0.6) is 0 Å². The first-order valence-electron chi connectivity index (χ1n) is 6.19. The van der Waals surface area contributed by atoms with Crippen molar-refractivity contribution in [2.75, 3.05) is 26.2 Å². The summed E-state index contributed by atoms with van der Waals surface area (Å²) >= 11 is 0. The fourth-order valence-corrected chi connectivity index (χ4v) is 2.12. The van der Waals surface area contributed by atoms with Gasteiger partial charge in [-0.15, -0.1) is 0 Å². The lowest BCUT2D eigenvalue weighted by molar-refractivity contribution is -0.137. The average Bonchev–Trinajstić information content (AvgIpc) is 2.55. The molecule has 6 nitrogen and oxygen atoms in total. The molecule has 1 aliphatic rings. The van der Waals surface area contributed by atoms with Gasteiger partial charge in [-0.3, -0.25) is 4.79 Å². The molecular formula is C12H22N2O4. The molecule has 0 bridgehead atoms. The number of β-amino-alcohol motifs (C(OH)–C–C–N with tert-alkyl or cyclic N) is 1. The first-order valence-corrected chi connectivity index (χ1v) is 6.19. The molecule has 0 aromatic heterocycles. The molecule has 0 spiro atoms. The Bertz CT molecular complexity index is 328. The van der Waals surface area contributed by atoms with E-state index in [9.17, 15) is 14.7 Å². The van der Waals surface area contributed by atoms with Crippen molar-refractivity contribution in [1.29, 1.82) is 0 Å². The molecule has 1 unspecified atom stereocenters. The molecule has 0 aromatic carbocycles. The predicted molar refractivity (Wildman–Crippen MR) is 66.3 cm³/mol. The smallest absolute Gasteiger partial charge is 0.323 e. The van der Waals surface area contributed by atoms with Crippen molar-refractivity contribution in [2.24, 2.45) is 5.92 Å². The van der Waals surface area contributed by atoms with Gasteiger partial charge in [-0.2, -0.15) is 0 Å². The number of carboxylic acids is 1. The second kappa shape index (κ2) is 5.56. The fourth-order valence-electron chi connectivity index (χ4n) is 2.12. The summed E-state index contributed by atoms with van der Waals surface area (Å²) in [6, 6.07) is -0.302. The predicted octanol–water partition coefficient (Wildman–Crippen LogP) is 0.606. The molecule has 1 rings (SSSR count). The maximum atomic E-state index is 12.2. The topological polar surface area (TPSA) is 81.1 Å². The highest BCUT2D eigenvalue weighted by Crippen LogP contribution is 2.21. The Balaban J connectivity index is 2.67. The van der Waals surface area contributed by atoms with Gasteiger partial charge in [0, 0.05) is 13.1 Å². The third-order valence-corrected chi connectivity index (χ3v) is 2.90. The van der Waals surface area contributed by atoms with Crippen LogP contribution >= 0.6 is 0 Å². The van der Waals surface area contributed by atoms with Crippen LogP contribution in [0.25, 0.3) is 0 Å². The second-order valence-corrected chi connectivity index (χ2v) is 5.62. The van der Waals surface area contributed by atoms with Crippen molar-refractivity contribution >= 4 is 12.0 Å². The molecule has 0 saturated carbocycles. The minimum absolute atomic E-state index is 0.205. The molecule has 1 saturated heterocycles. The molecule has 2 amide bonds. The van der Waals surface area contributed by atoms with Crippen molar-refractivity contribution in [1.82, 2.24) is 9.80 Å². The number of likely N-dealkylation sites (tertiary alicyclic amines) is 1. The molecule has 1 heterocycles. The molecule has 1 aliphatic heterocycles. The summed E-state index contributed by atoms with van der Waals surface area (Å²) in [7, 11) is 0. The van der Waals surface area contributed by atoms with Crippen molar-refractivity contribution in [3.63, 3.8) is 0 Å². The highest BCUT2D eigenvalue weighted by Gasteiger charge is 2.36. The Kier molecular flexibility index (Phi) is 4.56. The van der Waals surface area contributed by atoms with Crippen LogP contribution in [0, 0.1) is 5.92 Å². The zero-order valence-corrected chi connectivity index (χ0v) is 11.2. The van der Waals surface area contributed by atoms with Crippen LogP contribution in [0.3, 0.4) is 0 Å². The highest BCUT2D eigenvalue weighted by atomic mass is 16.4. The molecule has 0 radical (unpaired) electrons. The van der Waals surface area contributed by atoms with E-state index in [1.165, 1.54) is 9.80 Å². The van der Waals surface area contributed by atoms with Gasteiger partial charge in [0.1, 0.15) is 6.54 Å². The van der Waals surface area contributed by atoms with Gasteiger partial charge in [0.05, 0.1) is 12.1 Å². The second-order valence-electron chi connectivity index (χ2n) is 5.62. The third kappa shape index (κ3) is 4.18. The minimum Gasteiger partial charge on any atom is -0.480 e. The first kappa shape index (κ1) is 14.8. The summed E-state index contributed by atoms with van der Waals surface area (Å²) in [6.07, 6.45) is 0.529. The largest absolute Gasteiger partial charge is 0.480 e. The molecule has 1 atom stereocenters. The number of carbonyl (C=O) groups is 2. The molecule has 0 aliphatic carbocycles. The van der Waals surface area contributed by atoms with E-state index in [2.05, 4.69) is 0 Å². The summed E-state index contributed by atoms with van der Waals surface area (Å²) in [5, 5.41) is 18.7. The normalized spacial score (nSPS) is 23.5. The monoisotopic (exact) mass is 258 g/mol. The van der Waals surface area contributed by atoms with E-state index < -0.39 is 11.6 Å². The van der Waals surface area contributed by atoms with E-state index in [0.717, 1.165) is 0 Å². The average molecular weight is 258 g/mol. The van der Waals surface area contributed by atoms with Crippen LogP contribution < -0.4 is 0 Å². The van der Waals surface area contributed by atoms with Crippen LogP contribution in [0.1, 0.15) is 27.2 Å². The number of hydrogen-bond acceptors (Lipinski definition) is 3. The summed E-state index contributed by atoms with van der Waals surface area (Å²) in [6.45, 7) is 6.40. The molecular weight excluding hydrogens is 236 g/mol. The lowest BCUT2D eigenvalue weighted by Gasteiger charge is -2.28. The van der Waals surface area contributed by atoms with E-state index in [0.29, 0.717) is 19.5 Å². The molecule has 0 aromatic rings. The highest BCUT2D eigenvalue weighted by molar-refractivity contribution is 5.80. The van der Waals surface area contributed by atoms with Gasteiger partial charge in [0.2, 0.25) is 0 Å². The number of hydrogen-bond donors (Lipinski definition) is 2. The van der Waals surface area contributed by atoms with Crippen molar-refractivity contribution in [3.8, 4) is 0 Å². The van der Waals surface area contributed by atoms with E-state index in [1.54, 1.807) is 6.92 Å². The van der Waals surface area contributed by atoms with Gasteiger partial charge >= 0.3 is 12.0 Å². The van der Waals surface area contributed by atoms with Gasteiger partial charge in [0.15, 0.2) is 0 Å². The van der Waals surface area contributed by atoms with Crippen LogP contribution in [0.4, 0.5) is 4.79 Å². The van der Waals surface area contributed by atoms with Gasteiger partial charge in [-0.05, 0) is 19.3 Å². The third-order valence-electron chi connectivity index (χ3n) is 2.90. The Hall–Kier alpha value is -1.30. The van der Waals surface area contributed by atoms with Crippen molar-refractivity contribution in [3.05, 3.63) is 0 Å². The van der Waals surface area contributed by atoms with Crippen LogP contribution in [0.15, 0.2) is 0 Å². The van der Waals surface area contributed by atoms with Gasteiger partial charge < -0.3 is 20.0 Å². The molecule has 18 heavy (non-hydrogen) atoms. The maximum Gasteiger partial charge on any atom is 0.323 e. The summed E-state index contributed by atoms with van der Waals surface area (Å²) in [5.41, 5.74) is -0.859. The molecule has 2 N–H and O–H groups in total. The minimum atomic E-state index is -1.02. The Morgan fingerprint density at radius 2 is 2.06 bits per heavy atom. The summed E-state index contributed by atoms with van der Waals surface area (Å²) in [4.78, 5) is 25.8. The van der Waals surface area contributed by atoms with Crippen molar-refractivity contribution in [2.45, 2.75) is 32.8 Å². The van der Waals surface area contributed by atoms with Crippen molar-refractivity contribution < 1.29 is 19.8 Å². The zero-order chi connectivity index (χ0) is 13.9. The zero-order valence-electron chi connectivity index (χ0n) is 11.2. The van der Waals surface area contributed by atoms with E-state index in [1.807, 2.05) is 13.8 Å². The summed E-state index contributed by atoms with van der Waals surface area (Å²) in [5.74, 6) is -0.814. The van der Waals surface area contributed by atoms with E-state index in [-0.39, 0.29) is 25.0 Å². The van der Waals surface area contributed by atoms with Crippen LogP contribution in [0.2, 0.25) is 0 Å². The Morgan fingerprint density at radius 1 is 1.44 bits per heavy atom. The number of urea groups is 1. The fraction of sp³-hybridized carbons (Fsp3) is 0.833. The molecule has 6 heteroatoms. The lowest BCUT2D eigenvalue weighted by Crippen LogP contribution is -2.47. The first-order chi connectivity index (χ1) is 8.21. The standard InChI is InChI=1S/C12H22N2O4/c1-9(2)6-14(7-10(15)16)11(17)13-5-4-12(3,18)8-13/h9,18H,4-8H2,1-3H3,(H,15,16). The van der Waals surface area contributed by atoms with E-state index in [4.69, 9.17) is 5.11 Å². The van der Waals surface area contributed by atoms with Crippen LogP contribution in [-0.4, -0.2) is 63.8 Å². The number of carboxylic acid groups (broad SMARTS) is 1. The van der Waals surface area contributed by atoms with Gasteiger partial charge in [-0.1, -0.05) is 13.8 Å². The molecule has 1 fully saturated rings. The number of amides is 2. The van der Waals surface area contributed by atoms with E-state index >= 15 is 0 Å². The van der Waals surface area contributed by atoms with Gasteiger partial charge in [0.25, 0.3) is 0 Å². The SMILES string of the molecule is CC(C)CN(CC(=O)O)C(=O)N1CCC(C)(O)C1. The van der Waals surface area contributed by atoms with Gasteiger partial charge in [-0.25, -0.2) is 4.79 Å².